The Bertz CT molecular complexity index is 653. The molecule has 2 N–H and O–H groups in total. The summed E-state index contributed by atoms with van der Waals surface area (Å²) >= 11 is 0. The van der Waals surface area contributed by atoms with Gasteiger partial charge in [-0.25, -0.2) is 4.79 Å². The van der Waals surface area contributed by atoms with Crippen LogP contribution in [0.4, 0.5) is 4.79 Å². The minimum absolute atomic E-state index is 0.0841. The van der Waals surface area contributed by atoms with E-state index >= 15 is 0 Å². The number of likely N-dealkylation sites (tertiary alicyclic amines) is 1. The van der Waals surface area contributed by atoms with Crippen LogP contribution in [0.25, 0.3) is 0 Å². The Labute approximate surface area is 136 Å². The predicted molar refractivity (Wildman–Crippen MR) is 90.2 cm³/mol. The lowest BCUT2D eigenvalue weighted by atomic mass is 10.1. The first kappa shape index (κ1) is 14.4. The van der Waals surface area contributed by atoms with E-state index in [1.165, 1.54) is 12.0 Å². The molecule has 1 aliphatic heterocycles. The lowest BCUT2D eigenvalue weighted by Crippen LogP contribution is -2.40. The second-order valence-corrected chi connectivity index (χ2v) is 6.68. The molecule has 0 bridgehead atoms. The molecule has 3 atom stereocenters. The van der Waals surface area contributed by atoms with Crippen molar-refractivity contribution in [3.63, 3.8) is 0 Å². The SMILES string of the molecule is O=C(NCC1CC1c1ccccc1)N1CCCC1c1ccc[nH]1. The number of carbonyl (C=O) groups is 1. The zero-order valence-corrected chi connectivity index (χ0v) is 13.2. The summed E-state index contributed by atoms with van der Waals surface area (Å²) in [6, 6.07) is 15.0. The van der Waals surface area contributed by atoms with Crippen LogP contribution in [0.1, 0.15) is 42.5 Å². The number of nitrogens with one attached hydrogen (secondary N) is 2. The van der Waals surface area contributed by atoms with Crippen LogP contribution < -0.4 is 5.32 Å². The lowest BCUT2D eigenvalue weighted by Gasteiger charge is -2.24. The third-order valence-corrected chi connectivity index (χ3v) is 5.16. The van der Waals surface area contributed by atoms with E-state index in [2.05, 4.69) is 46.7 Å². The van der Waals surface area contributed by atoms with Crippen LogP contribution >= 0.6 is 0 Å². The number of hydrogen-bond donors (Lipinski definition) is 2. The number of H-pyrrole nitrogens is 1. The number of urea groups is 1. The first-order chi connectivity index (χ1) is 11.3. The highest BCUT2D eigenvalue weighted by molar-refractivity contribution is 5.75. The maximum atomic E-state index is 12.5. The smallest absolute Gasteiger partial charge is 0.317 e. The van der Waals surface area contributed by atoms with Crippen molar-refractivity contribution >= 4 is 6.03 Å². The summed E-state index contributed by atoms with van der Waals surface area (Å²) in [5, 5.41) is 3.15. The van der Waals surface area contributed by atoms with Gasteiger partial charge in [-0.15, -0.1) is 0 Å². The van der Waals surface area contributed by atoms with E-state index in [4.69, 9.17) is 0 Å². The van der Waals surface area contributed by atoms with Crippen LogP contribution in [0, 0.1) is 5.92 Å². The molecule has 2 amide bonds. The van der Waals surface area contributed by atoms with Gasteiger partial charge in [0.15, 0.2) is 0 Å². The molecule has 120 valence electrons. The van der Waals surface area contributed by atoms with Gasteiger partial charge in [0.25, 0.3) is 0 Å². The predicted octanol–water partition coefficient (Wildman–Crippen LogP) is 3.66. The minimum atomic E-state index is 0.0841. The van der Waals surface area contributed by atoms with Gasteiger partial charge < -0.3 is 15.2 Å². The average molecular weight is 309 g/mol. The Morgan fingerprint density at radius 2 is 2.09 bits per heavy atom. The molecule has 1 saturated carbocycles. The third-order valence-electron chi connectivity index (χ3n) is 5.16. The summed E-state index contributed by atoms with van der Waals surface area (Å²) < 4.78 is 0. The fourth-order valence-corrected chi connectivity index (χ4v) is 3.79. The Balaban J connectivity index is 1.31. The molecule has 23 heavy (non-hydrogen) atoms. The molecule has 2 aromatic rings. The van der Waals surface area contributed by atoms with Crippen LogP contribution in [0.5, 0.6) is 0 Å². The molecule has 1 aliphatic carbocycles. The van der Waals surface area contributed by atoms with E-state index in [-0.39, 0.29) is 12.1 Å². The van der Waals surface area contributed by atoms with Gasteiger partial charge in [0.2, 0.25) is 0 Å². The first-order valence-electron chi connectivity index (χ1n) is 8.55. The summed E-state index contributed by atoms with van der Waals surface area (Å²) in [4.78, 5) is 17.8. The van der Waals surface area contributed by atoms with Crippen LogP contribution in [0.2, 0.25) is 0 Å². The fourth-order valence-electron chi connectivity index (χ4n) is 3.79. The van der Waals surface area contributed by atoms with Crippen molar-refractivity contribution in [2.75, 3.05) is 13.1 Å². The fraction of sp³-hybridized carbons (Fsp3) is 0.421. The topological polar surface area (TPSA) is 48.1 Å². The van der Waals surface area contributed by atoms with Crippen LogP contribution in [0.3, 0.4) is 0 Å². The molecular weight excluding hydrogens is 286 g/mol. The Morgan fingerprint density at radius 3 is 2.87 bits per heavy atom. The summed E-state index contributed by atoms with van der Waals surface area (Å²) in [6.45, 7) is 1.63. The zero-order chi connectivity index (χ0) is 15.6. The quantitative estimate of drug-likeness (QED) is 0.889. The Morgan fingerprint density at radius 1 is 1.22 bits per heavy atom. The molecule has 2 aliphatic rings. The van der Waals surface area contributed by atoms with E-state index in [9.17, 15) is 4.79 Å². The third kappa shape index (κ3) is 2.98. The molecule has 1 saturated heterocycles. The second-order valence-electron chi connectivity index (χ2n) is 6.68. The molecule has 4 nitrogen and oxygen atoms in total. The highest BCUT2D eigenvalue weighted by atomic mass is 16.2. The molecule has 0 radical (unpaired) electrons. The molecule has 2 heterocycles. The van der Waals surface area contributed by atoms with Gasteiger partial charge in [0, 0.05) is 25.0 Å². The molecule has 3 unspecified atom stereocenters. The van der Waals surface area contributed by atoms with Gasteiger partial charge in [-0.05, 0) is 48.8 Å². The van der Waals surface area contributed by atoms with Gasteiger partial charge in [0.05, 0.1) is 6.04 Å². The van der Waals surface area contributed by atoms with Gasteiger partial charge in [-0.3, -0.25) is 0 Å². The summed E-state index contributed by atoms with van der Waals surface area (Å²) in [6.07, 6.45) is 5.24. The number of aromatic nitrogens is 1. The standard InChI is InChI=1S/C19H23N3O/c23-19(22-11-5-9-18(22)17-8-4-10-20-17)21-13-15-12-16(15)14-6-2-1-3-7-14/h1-4,6-8,10,15-16,18,20H,5,9,11-13H2,(H,21,23). The number of rotatable bonds is 4. The van der Waals surface area contributed by atoms with Gasteiger partial charge in [-0.2, -0.15) is 0 Å². The number of benzene rings is 1. The Kier molecular flexibility index (Phi) is 3.82. The highest BCUT2D eigenvalue weighted by Gasteiger charge is 2.39. The Hall–Kier alpha value is -2.23. The maximum absolute atomic E-state index is 12.5. The normalized spacial score (nSPS) is 26.3. The maximum Gasteiger partial charge on any atom is 0.317 e. The van der Waals surface area contributed by atoms with E-state index < -0.39 is 0 Å². The average Bonchev–Trinajstić information content (AvgIpc) is 2.99. The van der Waals surface area contributed by atoms with Crippen molar-refractivity contribution in [2.45, 2.75) is 31.2 Å². The number of aromatic amines is 1. The molecule has 4 rings (SSSR count). The molecule has 2 fully saturated rings. The molecule has 1 aromatic carbocycles. The van der Waals surface area contributed by atoms with Gasteiger partial charge in [0.1, 0.15) is 0 Å². The number of amides is 2. The van der Waals surface area contributed by atoms with E-state index in [0.29, 0.717) is 11.8 Å². The second kappa shape index (κ2) is 6.11. The lowest BCUT2D eigenvalue weighted by molar-refractivity contribution is 0.191. The van der Waals surface area contributed by atoms with Crippen molar-refractivity contribution in [2.24, 2.45) is 5.92 Å². The zero-order valence-electron chi connectivity index (χ0n) is 13.2. The van der Waals surface area contributed by atoms with Crippen molar-refractivity contribution in [3.8, 4) is 0 Å². The van der Waals surface area contributed by atoms with E-state index in [1.54, 1.807) is 0 Å². The number of nitrogens with zero attached hydrogens (tertiary/aromatic N) is 1. The first-order valence-corrected chi connectivity index (χ1v) is 8.55. The molecule has 0 spiro atoms. The number of hydrogen-bond acceptors (Lipinski definition) is 1. The van der Waals surface area contributed by atoms with Gasteiger partial charge >= 0.3 is 6.03 Å². The van der Waals surface area contributed by atoms with Crippen LogP contribution in [-0.4, -0.2) is 29.0 Å². The van der Waals surface area contributed by atoms with Crippen molar-refractivity contribution in [1.29, 1.82) is 0 Å². The molecule has 1 aromatic heterocycles. The van der Waals surface area contributed by atoms with Crippen molar-refractivity contribution in [1.82, 2.24) is 15.2 Å². The minimum Gasteiger partial charge on any atom is -0.363 e. The molecular formula is C19H23N3O. The van der Waals surface area contributed by atoms with Crippen molar-refractivity contribution < 1.29 is 4.79 Å². The monoisotopic (exact) mass is 309 g/mol. The van der Waals surface area contributed by atoms with E-state index in [1.807, 2.05) is 17.2 Å². The van der Waals surface area contributed by atoms with Crippen LogP contribution in [-0.2, 0) is 0 Å². The summed E-state index contributed by atoms with van der Waals surface area (Å²) in [5.41, 5.74) is 2.54. The summed E-state index contributed by atoms with van der Waals surface area (Å²) in [5.74, 6) is 1.21. The largest absolute Gasteiger partial charge is 0.363 e. The van der Waals surface area contributed by atoms with Crippen molar-refractivity contribution in [3.05, 3.63) is 59.9 Å². The summed E-state index contributed by atoms with van der Waals surface area (Å²) in [7, 11) is 0. The highest BCUT2D eigenvalue weighted by Crippen LogP contribution is 2.46. The van der Waals surface area contributed by atoms with E-state index in [0.717, 1.165) is 31.6 Å². The number of carbonyl (C=O) groups excluding carboxylic acids is 1. The molecule has 4 heteroatoms. The van der Waals surface area contributed by atoms with Crippen LogP contribution in [0.15, 0.2) is 48.7 Å². The van der Waals surface area contributed by atoms with Gasteiger partial charge in [-0.1, -0.05) is 30.3 Å².